The summed E-state index contributed by atoms with van der Waals surface area (Å²) in [5.74, 6) is 1.57. The molecule has 0 radical (unpaired) electrons. The van der Waals surface area contributed by atoms with E-state index in [4.69, 9.17) is 33.7 Å². The molecule has 0 amide bonds. The fraction of sp³-hybridized carbons (Fsp3) is 0.294. The second-order valence-electron chi connectivity index (χ2n) is 5.45. The molecule has 2 nitrogen and oxygen atoms in total. The molecular formula is C17H17Cl2NOS. The van der Waals surface area contributed by atoms with Gasteiger partial charge in [0.1, 0.15) is 5.75 Å². The third-order valence-electron chi connectivity index (χ3n) is 3.99. The highest BCUT2D eigenvalue weighted by atomic mass is 35.5. The molecule has 1 aliphatic rings. The number of hydrogen-bond acceptors (Lipinski definition) is 3. The SMILES string of the molecule is COc1ccc(Sc2c(Cl)cc(N)cc2Cl)cc1C1CCC1. The highest BCUT2D eigenvalue weighted by molar-refractivity contribution is 7.99. The Balaban J connectivity index is 1.93. The maximum atomic E-state index is 6.27. The van der Waals surface area contributed by atoms with Gasteiger partial charge in [0.25, 0.3) is 0 Å². The minimum Gasteiger partial charge on any atom is -0.496 e. The Morgan fingerprint density at radius 2 is 1.82 bits per heavy atom. The van der Waals surface area contributed by atoms with Crippen LogP contribution in [0, 0.1) is 0 Å². The number of ether oxygens (including phenoxy) is 1. The predicted molar refractivity (Wildman–Crippen MR) is 94.6 cm³/mol. The van der Waals surface area contributed by atoms with Crippen molar-refractivity contribution in [2.75, 3.05) is 12.8 Å². The number of halogens is 2. The molecule has 1 saturated carbocycles. The van der Waals surface area contributed by atoms with E-state index in [-0.39, 0.29) is 0 Å². The Morgan fingerprint density at radius 3 is 2.36 bits per heavy atom. The fourth-order valence-corrected chi connectivity index (χ4v) is 4.21. The quantitative estimate of drug-likeness (QED) is 0.684. The minimum atomic E-state index is 0.573. The minimum absolute atomic E-state index is 0.573. The van der Waals surface area contributed by atoms with Crippen LogP contribution >= 0.6 is 35.0 Å². The van der Waals surface area contributed by atoms with E-state index in [2.05, 4.69) is 6.07 Å². The number of nitrogens with two attached hydrogens (primary N) is 1. The van der Waals surface area contributed by atoms with Crippen molar-refractivity contribution in [1.29, 1.82) is 0 Å². The number of rotatable bonds is 4. The maximum Gasteiger partial charge on any atom is 0.122 e. The normalized spacial score (nSPS) is 14.7. The van der Waals surface area contributed by atoms with E-state index in [1.165, 1.54) is 24.8 Å². The summed E-state index contributed by atoms with van der Waals surface area (Å²) in [4.78, 5) is 1.94. The summed E-state index contributed by atoms with van der Waals surface area (Å²) in [5, 5.41) is 1.16. The third kappa shape index (κ3) is 3.17. The maximum absolute atomic E-state index is 6.27. The summed E-state index contributed by atoms with van der Waals surface area (Å²) >= 11 is 14.1. The lowest BCUT2D eigenvalue weighted by Gasteiger charge is -2.27. The summed E-state index contributed by atoms with van der Waals surface area (Å²) < 4.78 is 5.49. The fourth-order valence-electron chi connectivity index (χ4n) is 2.61. The van der Waals surface area contributed by atoms with Crippen LogP contribution in [-0.4, -0.2) is 7.11 Å². The van der Waals surface area contributed by atoms with E-state index in [1.807, 2.05) is 12.1 Å². The monoisotopic (exact) mass is 353 g/mol. The van der Waals surface area contributed by atoms with Crippen LogP contribution in [0.3, 0.4) is 0 Å². The Labute approximate surface area is 144 Å². The standard InChI is InChI=1S/C17H17Cl2NOS/c1-21-16-6-5-12(9-13(16)10-3-2-4-10)22-17-14(18)7-11(20)8-15(17)19/h5-10H,2-4,20H2,1H3. The molecule has 0 bridgehead atoms. The Kier molecular flexibility index (Phi) is 4.76. The van der Waals surface area contributed by atoms with Crippen LogP contribution in [0.1, 0.15) is 30.7 Å². The van der Waals surface area contributed by atoms with Crippen molar-refractivity contribution in [1.82, 2.24) is 0 Å². The molecule has 116 valence electrons. The van der Waals surface area contributed by atoms with Crippen LogP contribution in [0.5, 0.6) is 5.75 Å². The molecule has 1 aliphatic carbocycles. The van der Waals surface area contributed by atoms with Crippen molar-refractivity contribution >= 4 is 40.7 Å². The summed E-state index contributed by atoms with van der Waals surface area (Å²) in [6.45, 7) is 0. The third-order valence-corrected chi connectivity index (χ3v) is 5.94. The molecule has 3 rings (SSSR count). The average molecular weight is 354 g/mol. The van der Waals surface area contributed by atoms with Gasteiger partial charge in [0.05, 0.1) is 17.2 Å². The van der Waals surface area contributed by atoms with Crippen LogP contribution < -0.4 is 10.5 Å². The molecule has 22 heavy (non-hydrogen) atoms. The average Bonchev–Trinajstić information content (AvgIpc) is 2.41. The van der Waals surface area contributed by atoms with Crippen LogP contribution in [-0.2, 0) is 0 Å². The first-order chi connectivity index (χ1) is 10.6. The lowest BCUT2D eigenvalue weighted by Crippen LogP contribution is -2.10. The van der Waals surface area contributed by atoms with Gasteiger partial charge in [-0.25, -0.2) is 0 Å². The Hall–Kier alpha value is -1.03. The number of anilines is 1. The summed E-state index contributed by atoms with van der Waals surface area (Å²) in [6.07, 6.45) is 3.75. The molecule has 0 saturated heterocycles. The zero-order chi connectivity index (χ0) is 15.7. The van der Waals surface area contributed by atoms with Gasteiger partial charge in [-0.2, -0.15) is 0 Å². The lowest BCUT2D eigenvalue weighted by molar-refractivity contribution is 0.373. The van der Waals surface area contributed by atoms with E-state index in [1.54, 1.807) is 31.0 Å². The Morgan fingerprint density at radius 1 is 1.14 bits per heavy atom. The largest absolute Gasteiger partial charge is 0.496 e. The van der Waals surface area contributed by atoms with Crippen LogP contribution in [0.2, 0.25) is 10.0 Å². The second-order valence-corrected chi connectivity index (χ2v) is 7.35. The highest BCUT2D eigenvalue weighted by Crippen LogP contribution is 2.45. The number of nitrogen functional groups attached to an aromatic ring is 1. The lowest BCUT2D eigenvalue weighted by atomic mass is 9.80. The molecule has 0 unspecified atom stereocenters. The number of benzene rings is 2. The van der Waals surface area contributed by atoms with Gasteiger partial charge in [0.15, 0.2) is 0 Å². The molecule has 0 aromatic heterocycles. The van der Waals surface area contributed by atoms with Gasteiger partial charge in [-0.3, -0.25) is 0 Å². The van der Waals surface area contributed by atoms with E-state index in [0.29, 0.717) is 21.7 Å². The van der Waals surface area contributed by atoms with Crippen LogP contribution in [0.15, 0.2) is 40.1 Å². The van der Waals surface area contributed by atoms with Crippen molar-refractivity contribution < 1.29 is 4.74 Å². The van der Waals surface area contributed by atoms with Crippen molar-refractivity contribution in [2.24, 2.45) is 0 Å². The number of hydrogen-bond donors (Lipinski definition) is 1. The van der Waals surface area contributed by atoms with Gasteiger partial charge >= 0.3 is 0 Å². The molecule has 0 aliphatic heterocycles. The van der Waals surface area contributed by atoms with Gasteiger partial charge in [-0.15, -0.1) is 0 Å². The Bertz CT molecular complexity index is 678. The first-order valence-corrected chi connectivity index (χ1v) is 8.76. The molecular weight excluding hydrogens is 337 g/mol. The predicted octanol–water partition coefficient (Wildman–Crippen LogP) is 6.00. The smallest absolute Gasteiger partial charge is 0.122 e. The molecule has 2 aromatic rings. The number of methoxy groups -OCH3 is 1. The summed E-state index contributed by atoms with van der Waals surface area (Å²) in [7, 11) is 1.72. The van der Waals surface area contributed by atoms with Crippen molar-refractivity contribution in [3.63, 3.8) is 0 Å². The summed E-state index contributed by atoms with van der Waals surface area (Å²) in [6, 6.07) is 9.71. The molecule has 2 N–H and O–H groups in total. The van der Waals surface area contributed by atoms with Gasteiger partial charge in [-0.05, 0) is 54.7 Å². The van der Waals surface area contributed by atoms with Gasteiger partial charge in [-0.1, -0.05) is 41.4 Å². The van der Waals surface area contributed by atoms with Gasteiger partial charge in [0.2, 0.25) is 0 Å². The van der Waals surface area contributed by atoms with E-state index >= 15 is 0 Å². The van der Waals surface area contributed by atoms with Crippen molar-refractivity contribution in [3.05, 3.63) is 45.9 Å². The first-order valence-electron chi connectivity index (χ1n) is 7.19. The molecule has 0 heterocycles. The second kappa shape index (κ2) is 6.61. The molecule has 0 spiro atoms. The van der Waals surface area contributed by atoms with Crippen LogP contribution in [0.4, 0.5) is 5.69 Å². The van der Waals surface area contributed by atoms with Gasteiger partial charge < -0.3 is 10.5 Å². The van der Waals surface area contributed by atoms with Crippen LogP contribution in [0.25, 0.3) is 0 Å². The van der Waals surface area contributed by atoms with Crippen molar-refractivity contribution in [2.45, 2.75) is 35.0 Å². The van der Waals surface area contributed by atoms with Crippen molar-refractivity contribution in [3.8, 4) is 5.75 Å². The van der Waals surface area contributed by atoms with E-state index in [9.17, 15) is 0 Å². The zero-order valence-electron chi connectivity index (χ0n) is 12.2. The molecule has 1 fully saturated rings. The highest BCUT2D eigenvalue weighted by Gasteiger charge is 2.23. The van der Waals surface area contributed by atoms with E-state index in [0.717, 1.165) is 15.5 Å². The molecule has 5 heteroatoms. The molecule has 2 aromatic carbocycles. The zero-order valence-corrected chi connectivity index (χ0v) is 14.6. The topological polar surface area (TPSA) is 35.2 Å². The van der Waals surface area contributed by atoms with Gasteiger partial charge in [0, 0.05) is 15.5 Å². The first kappa shape index (κ1) is 15.9. The summed E-state index contributed by atoms with van der Waals surface area (Å²) in [5.41, 5.74) is 7.61. The van der Waals surface area contributed by atoms with E-state index < -0.39 is 0 Å². The molecule has 0 atom stereocenters.